The molecule has 0 aromatic rings. The molecule has 2 N–H and O–H groups in total. The van der Waals surface area contributed by atoms with Crippen molar-refractivity contribution in [1.82, 2.24) is 5.32 Å². The number of nitrogens with one attached hydrogen (secondary N) is 1. The second kappa shape index (κ2) is 6.19. The molecule has 2 nitrogen and oxygen atoms in total. The zero-order chi connectivity index (χ0) is 13.1. The molecule has 2 heteroatoms. The van der Waals surface area contributed by atoms with E-state index >= 15 is 0 Å². The highest BCUT2D eigenvalue weighted by Gasteiger charge is 2.33. The summed E-state index contributed by atoms with van der Waals surface area (Å²) in [5.41, 5.74) is 0.516. The van der Waals surface area contributed by atoms with E-state index in [1.807, 2.05) is 0 Å². The Hall–Kier alpha value is -0.0800. The predicted octanol–water partition coefficient (Wildman–Crippen LogP) is 3.20. The van der Waals surface area contributed by atoms with Gasteiger partial charge in [-0.25, -0.2) is 0 Å². The Balaban J connectivity index is 2.50. The molecule has 0 radical (unpaired) electrons. The zero-order valence-corrected chi connectivity index (χ0v) is 12.3. The fraction of sp³-hybridized carbons (Fsp3) is 1.00. The largest absolute Gasteiger partial charge is 0.396 e. The maximum absolute atomic E-state index is 9.12. The molecular weight excluding hydrogens is 210 g/mol. The quantitative estimate of drug-likeness (QED) is 0.775. The monoisotopic (exact) mass is 241 g/mol. The third-order valence-corrected chi connectivity index (χ3v) is 4.37. The molecule has 3 atom stereocenters. The lowest BCUT2D eigenvalue weighted by molar-refractivity contribution is 0.128. The van der Waals surface area contributed by atoms with Crippen molar-refractivity contribution in [3.05, 3.63) is 0 Å². The van der Waals surface area contributed by atoms with Crippen LogP contribution in [0.1, 0.15) is 60.3 Å². The van der Waals surface area contributed by atoms with Gasteiger partial charge in [-0.05, 0) is 42.9 Å². The van der Waals surface area contributed by atoms with E-state index in [9.17, 15) is 0 Å². The Labute approximate surface area is 107 Å². The first-order valence-corrected chi connectivity index (χ1v) is 7.22. The summed E-state index contributed by atoms with van der Waals surface area (Å²) in [5.74, 6) is 1.35. The van der Waals surface area contributed by atoms with Crippen LogP contribution in [0.4, 0.5) is 0 Å². The summed E-state index contributed by atoms with van der Waals surface area (Å²) in [6.07, 6.45) is 4.79. The van der Waals surface area contributed by atoms with Crippen LogP contribution in [0.3, 0.4) is 0 Å². The first-order valence-electron chi connectivity index (χ1n) is 7.22. The fourth-order valence-corrected chi connectivity index (χ4v) is 3.22. The molecule has 0 amide bonds. The van der Waals surface area contributed by atoms with Crippen LogP contribution in [-0.2, 0) is 0 Å². The predicted molar refractivity (Wildman–Crippen MR) is 74.0 cm³/mol. The number of aliphatic hydroxyl groups excluding tert-OH is 1. The Morgan fingerprint density at radius 3 is 2.47 bits per heavy atom. The van der Waals surface area contributed by atoms with Crippen molar-refractivity contribution in [3.63, 3.8) is 0 Å². The van der Waals surface area contributed by atoms with Gasteiger partial charge in [-0.2, -0.15) is 0 Å². The molecule has 102 valence electrons. The summed E-state index contributed by atoms with van der Waals surface area (Å²) in [7, 11) is 0. The Kier molecular flexibility index (Phi) is 5.46. The van der Waals surface area contributed by atoms with Gasteiger partial charge in [-0.15, -0.1) is 0 Å². The lowest BCUT2D eigenvalue weighted by Crippen LogP contribution is -2.48. The van der Waals surface area contributed by atoms with Crippen LogP contribution >= 0.6 is 0 Å². The maximum Gasteiger partial charge on any atom is 0.0445 e. The van der Waals surface area contributed by atoms with Gasteiger partial charge in [-0.1, -0.05) is 34.6 Å². The van der Waals surface area contributed by atoms with Crippen molar-refractivity contribution in [2.75, 3.05) is 6.61 Å². The molecule has 0 aromatic heterocycles. The van der Waals surface area contributed by atoms with Crippen LogP contribution in [-0.4, -0.2) is 23.8 Å². The van der Waals surface area contributed by atoms with Crippen LogP contribution in [0.2, 0.25) is 0 Å². The lowest BCUT2D eigenvalue weighted by atomic mass is 9.70. The average Bonchev–Trinajstić information content (AvgIpc) is 2.19. The molecule has 0 spiro atoms. The van der Waals surface area contributed by atoms with Crippen molar-refractivity contribution in [1.29, 1.82) is 0 Å². The smallest absolute Gasteiger partial charge is 0.0445 e. The minimum atomic E-state index is 0.294. The van der Waals surface area contributed by atoms with Gasteiger partial charge < -0.3 is 10.4 Å². The molecule has 3 unspecified atom stereocenters. The van der Waals surface area contributed by atoms with Crippen molar-refractivity contribution < 1.29 is 5.11 Å². The summed E-state index contributed by atoms with van der Waals surface area (Å²) in [5, 5.41) is 12.9. The van der Waals surface area contributed by atoms with Crippen molar-refractivity contribution >= 4 is 0 Å². The van der Waals surface area contributed by atoms with Gasteiger partial charge in [0, 0.05) is 18.7 Å². The van der Waals surface area contributed by atoms with E-state index in [4.69, 9.17) is 5.11 Å². The SMILES string of the molecule is CC(C)C(CCO)NC1CCC(C)(C)CC1C. The third-order valence-electron chi connectivity index (χ3n) is 4.37. The van der Waals surface area contributed by atoms with E-state index in [2.05, 4.69) is 39.9 Å². The zero-order valence-electron chi connectivity index (χ0n) is 12.3. The summed E-state index contributed by atoms with van der Waals surface area (Å²) in [4.78, 5) is 0. The van der Waals surface area contributed by atoms with E-state index in [1.165, 1.54) is 19.3 Å². The van der Waals surface area contributed by atoms with E-state index in [-0.39, 0.29) is 0 Å². The second-order valence-electron chi connectivity index (χ2n) is 7.02. The van der Waals surface area contributed by atoms with E-state index < -0.39 is 0 Å². The van der Waals surface area contributed by atoms with Gasteiger partial charge in [0.15, 0.2) is 0 Å². The minimum absolute atomic E-state index is 0.294. The summed E-state index contributed by atoms with van der Waals surface area (Å²) in [6, 6.07) is 1.11. The molecule has 0 heterocycles. The fourth-order valence-electron chi connectivity index (χ4n) is 3.22. The third kappa shape index (κ3) is 4.59. The molecular formula is C15H31NO. The first-order chi connectivity index (χ1) is 7.85. The van der Waals surface area contributed by atoms with Gasteiger partial charge in [0.25, 0.3) is 0 Å². The van der Waals surface area contributed by atoms with Crippen molar-refractivity contribution in [2.24, 2.45) is 17.3 Å². The summed E-state index contributed by atoms with van der Waals surface area (Å²) in [6.45, 7) is 11.9. The van der Waals surface area contributed by atoms with Crippen LogP contribution in [0.25, 0.3) is 0 Å². The molecule has 1 saturated carbocycles. The van der Waals surface area contributed by atoms with Gasteiger partial charge in [0.05, 0.1) is 0 Å². The maximum atomic E-state index is 9.12. The number of hydrogen-bond acceptors (Lipinski definition) is 2. The van der Waals surface area contributed by atoms with E-state index in [0.29, 0.717) is 30.0 Å². The van der Waals surface area contributed by atoms with Crippen molar-refractivity contribution in [2.45, 2.75) is 72.4 Å². The highest BCUT2D eigenvalue weighted by atomic mass is 16.3. The summed E-state index contributed by atoms with van der Waals surface area (Å²) >= 11 is 0. The molecule has 0 aromatic carbocycles. The van der Waals surface area contributed by atoms with Crippen LogP contribution in [0.5, 0.6) is 0 Å². The minimum Gasteiger partial charge on any atom is -0.396 e. The Bertz CT molecular complexity index is 225. The molecule has 0 aliphatic heterocycles. The van der Waals surface area contributed by atoms with E-state index in [1.54, 1.807) is 0 Å². The standard InChI is InChI=1S/C15H31NO/c1-11(2)13(7-9-17)16-14-6-8-15(4,5)10-12(14)3/h11-14,16-17H,6-10H2,1-5H3. The molecule has 0 saturated heterocycles. The molecule has 1 aliphatic rings. The second-order valence-corrected chi connectivity index (χ2v) is 7.02. The van der Waals surface area contributed by atoms with Crippen LogP contribution in [0.15, 0.2) is 0 Å². The highest BCUT2D eigenvalue weighted by molar-refractivity contribution is 4.89. The topological polar surface area (TPSA) is 32.3 Å². The van der Waals surface area contributed by atoms with Gasteiger partial charge in [-0.3, -0.25) is 0 Å². The number of aliphatic hydroxyl groups is 1. The van der Waals surface area contributed by atoms with Crippen molar-refractivity contribution in [3.8, 4) is 0 Å². The average molecular weight is 241 g/mol. The Morgan fingerprint density at radius 1 is 1.35 bits per heavy atom. The van der Waals surface area contributed by atoms with Gasteiger partial charge >= 0.3 is 0 Å². The van der Waals surface area contributed by atoms with Gasteiger partial charge in [0.2, 0.25) is 0 Å². The van der Waals surface area contributed by atoms with Crippen LogP contribution in [0, 0.1) is 17.3 Å². The molecule has 0 bridgehead atoms. The normalized spacial score (nSPS) is 30.5. The molecule has 1 rings (SSSR count). The molecule has 1 aliphatic carbocycles. The number of hydrogen-bond donors (Lipinski definition) is 2. The molecule has 1 fully saturated rings. The van der Waals surface area contributed by atoms with E-state index in [0.717, 1.165) is 12.3 Å². The summed E-state index contributed by atoms with van der Waals surface area (Å²) < 4.78 is 0. The Morgan fingerprint density at radius 2 is 2.00 bits per heavy atom. The first kappa shape index (κ1) is 15.0. The molecule has 17 heavy (non-hydrogen) atoms. The van der Waals surface area contributed by atoms with Gasteiger partial charge in [0.1, 0.15) is 0 Å². The number of rotatable bonds is 5. The van der Waals surface area contributed by atoms with Crippen LogP contribution < -0.4 is 5.32 Å². The lowest BCUT2D eigenvalue weighted by Gasteiger charge is -2.41. The highest BCUT2D eigenvalue weighted by Crippen LogP contribution is 2.38.